The monoisotopic (exact) mass is 496 g/mol. The average Bonchev–Trinajstić information content (AvgIpc) is 2.77. The van der Waals surface area contributed by atoms with E-state index in [9.17, 15) is 4.79 Å². The largest absolute Gasteiger partial charge is 0.443 e. The molecule has 9 nitrogen and oxygen atoms in total. The molecule has 1 heterocycles. The Balaban J connectivity index is 2.51. The SMILES string of the molecule is CCOC(C#Cc1cnc(Cl)nc1NC1(C(OC(N)=O)C(C)(C)C)CCC(OC)CC1)OCC. The number of carbonyl (C=O) groups excluding carboxylic acids is 1. The third kappa shape index (κ3) is 7.70. The van der Waals surface area contributed by atoms with Gasteiger partial charge in [-0.25, -0.2) is 9.78 Å². The number of carbonyl (C=O) groups is 1. The number of nitrogens with two attached hydrogens (primary N) is 1. The fraction of sp³-hybridized carbons (Fsp3) is 0.708. The minimum Gasteiger partial charge on any atom is -0.443 e. The number of rotatable bonds is 9. The lowest BCUT2D eigenvalue weighted by molar-refractivity contribution is -0.0969. The van der Waals surface area contributed by atoms with Crippen LogP contribution in [0.3, 0.4) is 0 Å². The Morgan fingerprint density at radius 1 is 1.29 bits per heavy atom. The molecule has 0 bridgehead atoms. The summed E-state index contributed by atoms with van der Waals surface area (Å²) in [7, 11) is 1.71. The van der Waals surface area contributed by atoms with Gasteiger partial charge in [-0.1, -0.05) is 26.7 Å². The molecule has 3 N–H and O–H groups in total. The number of halogens is 1. The summed E-state index contributed by atoms with van der Waals surface area (Å²) in [5.74, 6) is 6.47. The van der Waals surface area contributed by atoms with E-state index in [0.717, 1.165) is 12.8 Å². The van der Waals surface area contributed by atoms with E-state index in [0.29, 0.717) is 37.4 Å². The van der Waals surface area contributed by atoms with E-state index in [1.54, 1.807) is 13.3 Å². The Labute approximate surface area is 207 Å². The predicted molar refractivity (Wildman–Crippen MR) is 130 cm³/mol. The van der Waals surface area contributed by atoms with Gasteiger partial charge in [0.1, 0.15) is 11.9 Å². The number of amides is 1. The first kappa shape index (κ1) is 28.1. The summed E-state index contributed by atoms with van der Waals surface area (Å²) in [5, 5.41) is 3.61. The smallest absolute Gasteiger partial charge is 0.404 e. The van der Waals surface area contributed by atoms with Gasteiger partial charge >= 0.3 is 6.09 Å². The molecule has 0 radical (unpaired) electrons. The van der Waals surface area contributed by atoms with E-state index in [-0.39, 0.29) is 11.4 Å². The number of primary amides is 1. The van der Waals surface area contributed by atoms with Crippen LogP contribution in [0, 0.1) is 17.3 Å². The minimum absolute atomic E-state index is 0.0723. The molecule has 1 amide bonds. The highest BCUT2D eigenvalue weighted by Crippen LogP contribution is 2.43. The Kier molecular flexibility index (Phi) is 10.4. The lowest BCUT2D eigenvalue weighted by Crippen LogP contribution is -2.59. The second-order valence-electron chi connectivity index (χ2n) is 9.31. The van der Waals surface area contributed by atoms with E-state index < -0.39 is 29.4 Å². The molecule has 1 aromatic rings. The number of anilines is 1. The Morgan fingerprint density at radius 2 is 1.91 bits per heavy atom. The fourth-order valence-corrected chi connectivity index (χ4v) is 4.52. The van der Waals surface area contributed by atoms with Gasteiger partial charge in [0.15, 0.2) is 0 Å². The number of methoxy groups -OCH3 is 1. The summed E-state index contributed by atoms with van der Waals surface area (Å²) in [4.78, 5) is 20.4. The van der Waals surface area contributed by atoms with Gasteiger partial charge in [0, 0.05) is 31.9 Å². The third-order valence-corrected chi connectivity index (χ3v) is 5.95. The first-order valence-electron chi connectivity index (χ1n) is 11.6. The summed E-state index contributed by atoms with van der Waals surface area (Å²) < 4.78 is 22.3. The summed E-state index contributed by atoms with van der Waals surface area (Å²) in [6.07, 6.45) is 2.49. The van der Waals surface area contributed by atoms with Gasteiger partial charge < -0.3 is 30.0 Å². The molecule has 10 heteroatoms. The lowest BCUT2D eigenvalue weighted by atomic mass is 9.68. The van der Waals surface area contributed by atoms with Crippen molar-refractivity contribution < 1.29 is 23.7 Å². The molecule has 1 aliphatic rings. The minimum atomic E-state index is -0.827. The van der Waals surface area contributed by atoms with Crippen LogP contribution in [0.25, 0.3) is 0 Å². The van der Waals surface area contributed by atoms with Crippen molar-refractivity contribution in [1.82, 2.24) is 9.97 Å². The van der Waals surface area contributed by atoms with Crippen LogP contribution in [-0.2, 0) is 18.9 Å². The topological polar surface area (TPSA) is 118 Å². The highest BCUT2D eigenvalue weighted by molar-refractivity contribution is 6.28. The molecule has 1 fully saturated rings. The summed E-state index contributed by atoms with van der Waals surface area (Å²) in [5.41, 5.74) is 4.92. The van der Waals surface area contributed by atoms with E-state index in [1.807, 2.05) is 34.6 Å². The number of hydrogen-bond donors (Lipinski definition) is 2. The second kappa shape index (κ2) is 12.5. The van der Waals surface area contributed by atoms with Gasteiger partial charge in [0.2, 0.25) is 11.6 Å². The van der Waals surface area contributed by atoms with Crippen molar-refractivity contribution in [1.29, 1.82) is 0 Å². The Hall–Kier alpha value is -2.12. The van der Waals surface area contributed by atoms with Crippen LogP contribution in [0.4, 0.5) is 10.6 Å². The van der Waals surface area contributed by atoms with E-state index in [2.05, 4.69) is 27.1 Å². The standard InChI is InChI=1S/C24H37ClN4O5/c1-7-32-18(33-8-2)10-9-16-15-27-21(25)28-19(16)29-24(13-11-17(31-6)12-14-24)20(23(3,4)5)34-22(26)30/h15,17-18,20H,7-8,11-14H2,1-6H3,(H2,26,30)(H,27,28,29). The molecular weight excluding hydrogens is 460 g/mol. The van der Waals surface area contributed by atoms with Crippen LogP contribution in [0.1, 0.15) is 65.9 Å². The molecule has 2 rings (SSSR count). The van der Waals surface area contributed by atoms with Gasteiger partial charge in [-0.2, -0.15) is 4.98 Å². The Morgan fingerprint density at radius 3 is 2.41 bits per heavy atom. The van der Waals surface area contributed by atoms with Crippen LogP contribution >= 0.6 is 11.6 Å². The number of nitrogens with one attached hydrogen (secondary N) is 1. The lowest BCUT2D eigenvalue weighted by Gasteiger charge is -2.49. The van der Waals surface area contributed by atoms with Crippen molar-refractivity contribution in [2.45, 2.75) is 84.3 Å². The van der Waals surface area contributed by atoms with E-state index in [1.165, 1.54) is 0 Å². The van der Waals surface area contributed by atoms with E-state index >= 15 is 0 Å². The van der Waals surface area contributed by atoms with Crippen LogP contribution < -0.4 is 11.1 Å². The van der Waals surface area contributed by atoms with Gasteiger partial charge in [-0.15, -0.1) is 0 Å². The quantitative estimate of drug-likeness (QED) is 0.297. The van der Waals surface area contributed by atoms with Gasteiger partial charge in [-0.05, 0) is 57.1 Å². The van der Waals surface area contributed by atoms with Crippen LogP contribution in [0.15, 0.2) is 6.20 Å². The molecule has 1 atom stereocenters. The predicted octanol–water partition coefficient (Wildman–Crippen LogP) is 4.13. The summed E-state index contributed by atoms with van der Waals surface area (Å²) >= 11 is 6.16. The van der Waals surface area contributed by atoms with E-state index in [4.69, 9.17) is 36.3 Å². The number of nitrogens with zero attached hydrogens (tertiary/aromatic N) is 2. The maximum atomic E-state index is 11.9. The highest BCUT2D eigenvalue weighted by Gasteiger charge is 2.50. The zero-order valence-electron chi connectivity index (χ0n) is 20.9. The van der Waals surface area contributed by atoms with Crippen molar-refractivity contribution in [3.63, 3.8) is 0 Å². The first-order valence-corrected chi connectivity index (χ1v) is 12.0. The van der Waals surface area contributed by atoms with Crippen molar-refractivity contribution in [2.75, 3.05) is 25.6 Å². The molecule has 1 aromatic heterocycles. The van der Waals surface area contributed by atoms with Gasteiger partial charge in [0.05, 0.1) is 17.2 Å². The van der Waals surface area contributed by atoms with Crippen molar-refractivity contribution >= 4 is 23.5 Å². The molecule has 0 saturated heterocycles. The molecule has 1 aliphatic carbocycles. The van der Waals surface area contributed by atoms with Crippen molar-refractivity contribution in [3.05, 3.63) is 17.0 Å². The van der Waals surface area contributed by atoms with Gasteiger partial charge in [-0.3, -0.25) is 0 Å². The first-order chi connectivity index (χ1) is 16.0. The molecular formula is C24H37ClN4O5. The van der Waals surface area contributed by atoms with Crippen molar-refractivity contribution in [3.8, 4) is 11.8 Å². The highest BCUT2D eigenvalue weighted by atomic mass is 35.5. The molecule has 190 valence electrons. The van der Waals surface area contributed by atoms with Crippen LogP contribution in [-0.4, -0.2) is 60.4 Å². The molecule has 0 aromatic carbocycles. The maximum Gasteiger partial charge on any atom is 0.404 e. The maximum absolute atomic E-state index is 11.9. The summed E-state index contributed by atoms with van der Waals surface area (Å²) in [6, 6.07) is 0. The molecule has 1 unspecified atom stereocenters. The number of ether oxygens (including phenoxy) is 4. The third-order valence-electron chi connectivity index (χ3n) is 5.77. The van der Waals surface area contributed by atoms with Gasteiger partial charge in [0.25, 0.3) is 0 Å². The molecule has 34 heavy (non-hydrogen) atoms. The molecule has 1 saturated carbocycles. The summed E-state index contributed by atoms with van der Waals surface area (Å²) in [6.45, 7) is 10.7. The zero-order valence-corrected chi connectivity index (χ0v) is 21.7. The van der Waals surface area contributed by atoms with Crippen molar-refractivity contribution in [2.24, 2.45) is 11.1 Å². The number of hydrogen-bond acceptors (Lipinski definition) is 8. The molecule has 0 spiro atoms. The van der Waals surface area contributed by atoms with Crippen LogP contribution in [0.2, 0.25) is 5.28 Å². The normalized spacial score (nSPS) is 21.5. The Bertz CT molecular complexity index is 866. The fourth-order valence-electron chi connectivity index (χ4n) is 4.38. The zero-order chi connectivity index (χ0) is 25.4. The average molecular weight is 497 g/mol. The second-order valence-corrected chi connectivity index (χ2v) is 9.65. The number of aromatic nitrogens is 2. The van der Waals surface area contributed by atoms with Crippen LogP contribution in [0.5, 0.6) is 0 Å². The molecule has 0 aliphatic heterocycles.